The van der Waals surface area contributed by atoms with Crippen LogP contribution in [0.2, 0.25) is 0 Å². The number of aryl methyl sites for hydroxylation is 1. The number of rotatable bonds is 5. The Balaban J connectivity index is 2.62. The highest BCUT2D eigenvalue weighted by atomic mass is 16.6. The molecule has 1 aromatic carbocycles. The molecule has 0 heterocycles. The molecule has 0 aromatic heterocycles. The Morgan fingerprint density at radius 2 is 2.11 bits per heavy atom. The molecule has 0 aliphatic rings. The fraction of sp³-hybridized carbons (Fsp3) is 0.273. The number of carboxylic acids is 1. The lowest BCUT2D eigenvalue weighted by Crippen LogP contribution is -2.30. The number of nitrogens with zero attached hydrogens (tertiary/aromatic N) is 1. The van der Waals surface area contributed by atoms with Crippen molar-refractivity contribution in [3.8, 4) is 0 Å². The molecule has 8 heteroatoms. The second kappa shape index (κ2) is 6.34. The second-order valence-corrected chi connectivity index (χ2v) is 3.78. The standard InChI is InChI=1S/C11H13N3O5/c1-7-2-3-8(6-9(7)14(18)19)13-11(17)12-5-4-10(15)16/h2-3,6H,4-5H2,1H3,(H,15,16)(H2,12,13,17). The van der Waals surface area contributed by atoms with Crippen LogP contribution in [0, 0.1) is 17.0 Å². The molecule has 1 aromatic rings. The molecule has 0 aliphatic heterocycles. The first-order chi connectivity index (χ1) is 8.90. The molecule has 8 nitrogen and oxygen atoms in total. The fourth-order valence-corrected chi connectivity index (χ4v) is 1.34. The number of nitro groups is 1. The molecule has 0 radical (unpaired) electrons. The summed E-state index contributed by atoms with van der Waals surface area (Å²) in [7, 11) is 0. The summed E-state index contributed by atoms with van der Waals surface area (Å²) in [5.41, 5.74) is 0.662. The third-order valence-electron chi connectivity index (χ3n) is 2.29. The molecule has 0 aliphatic carbocycles. The van der Waals surface area contributed by atoms with Crippen LogP contribution in [-0.2, 0) is 4.79 Å². The quantitative estimate of drug-likeness (QED) is 0.551. The van der Waals surface area contributed by atoms with E-state index in [0.29, 0.717) is 5.56 Å². The van der Waals surface area contributed by atoms with Gasteiger partial charge in [-0.1, -0.05) is 6.07 Å². The summed E-state index contributed by atoms with van der Waals surface area (Å²) in [5.74, 6) is -1.02. The van der Waals surface area contributed by atoms with E-state index in [9.17, 15) is 19.7 Å². The van der Waals surface area contributed by atoms with E-state index >= 15 is 0 Å². The van der Waals surface area contributed by atoms with Crippen molar-refractivity contribution >= 4 is 23.4 Å². The van der Waals surface area contributed by atoms with Crippen molar-refractivity contribution in [2.75, 3.05) is 11.9 Å². The highest BCUT2D eigenvalue weighted by molar-refractivity contribution is 5.89. The molecule has 0 spiro atoms. The van der Waals surface area contributed by atoms with E-state index in [2.05, 4.69) is 10.6 Å². The third kappa shape index (κ3) is 4.62. The minimum Gasteiger partial charge on any atom is -0.481 e. The van der Waals surface area contributed by atoms with Gasteiger partial charge in [-0.05, 0) is 13.0 Å². The zero-order chi connectivity index (χ0) is 14.4. The van der Waals surface area contributed by atoms with Gasteiger partial charge in [0.15, 0.2) is 0 Å². The summed E-state index contributed by atoms with van der Waals surface area (Å²) in [6, 6.07) is 3.68. The average Bonchev–Trinajstić information content (AvgIpc) is 2.30. The first-order valence-electron chi connectivity index (χ1n) is 5.42. The van der Waals surface area contributed by atoms with E-state index in [0.717, 1.165) is 0 Å². The molecule has 0 saturated carbocycles. The minimum absolute atomic E-state index is 0.0187. The summed E-state index contributed by atoms with van der Waals surface area (Å²) < 4.78 is 0. The Labute approximate surface area is 108 Å². The number of nitro benzene ring substituents is 1. The maximum absolute atomic E-state index is 11.4. The van der Waals surface area contributed by atoms with Crippen LogP contribution in [0.1, 0.15) is 12.0 Å². The number of urea groups is 1. The first-order valence-corrected chi connectivity index (χ1v) is 5.42. The molecule has 3 N–H and O–H groups in total. The molecule has 0 atom stereocenters. The number of benzene rings is 1. The highest BCUT2D eigenvalue weighted by Crippen LogP contribution is 2.22. The van der Waals surface area contributed by atoms with E-state index in [1.165, 1.54) is 18.2 Å². The Morgan fingerprint density at radius 1 is 1.42 bits per heavy atom. The van der Waals surface area contributed by atoms with Crippen molar-refractivity contribution in [3.05, 3.63) is 33.9 Å². The van der Waals surface area contributed by atoms with Crippen molar-refractivity contribution in [2.45, 2.75) is 13.3 Å². The number of carbonyl (C=O) groups is 2. The molecule has 2 amide bonds. The van der Waals surface area contributed by atoms with Crippen molar-refractivity contribution in [1.29, 1.82) is 0 Å². The number of nitrogens with one attached hydrogen (secondary N) is 2. The summed E-state index contributed by atoms with van der Waals surface area (Å²) >= 11 is 0. The zero-order valence-corrected chi connectivity index (χ0v) is 10.2. The van der Waals surface area contributed by atoms with Crippen molar-refractivity contribution < 1.29 is 19.6 Å². The summed E-state index contributed by atoms with van der Waals surface area (Å²) in [6.07, 6.45) is -0.193. The predicted octanol–water partition coefficient (Wildman–Crippen LogP) is 1.50. The molecule has 0 fully saturated rings. The smallest absolute Gasteiger partial charge is 0.319 e. The van der Waals surface area contributed by atoms with Crippen molar-refractivity contribution in [3.63, 3.8) is 0 Å². The number of carbonyl (C=O) groups excluding carboxylic acids is 1. The first kappa shape index (κ1) is 14.4. The van der Waals surface area contributed by atoms with Gasteiger partial charge >= 0.3 is 12.0 Å². The van der Waals surface area contributed by atoms with Gasteiger partial charge in [-0.25, -0.2) is 4.79 Å². The van der Waals surface area contributed by atoms with Gasteiger partial charge in [0.2, 0.25) is 0 Å². The van der Waals surface area contributed by atoms with E-state index in [-0.39, 0.29) is 24.3 Å². The highest BCUT2D eigenvalue weighted by Gasteiger charge is 2.12. The van der Waals surface area contributed by atoms with Gasteiger partial charge < -0.3 is 15.7 Å². The minimum atomic E-state index is -1.02. The number of hydrogen-bond donors (Lipinski definition) is 3. The van der Waals surface area contributed by atoms with Crippen LogP contribution < -0.4 is 10.6 Å². The number of aliphatic carboxylic acids is 1. The fourth-order valence-electron chi connectivity index (χ4n) is 1.34. The molecular formula is C11H13N3O5. The van der Waals surface area contributed by atoms with E-state index in [1.807, 2.05) is 0 Å². The van der Waals surface area contributed by atoms with E-state index in [1.54, 1.807) is 6.92 Å². The van der Waals surface area contributed by atoms with Crippen LogP contribution in [0.25, 0.3) is 0 Å². The molecule has 0 saturated heterocycles. The van der Waals surface area contributed by atoms with Gasteiger partial charge in [-0.2, -0.15) is 0 Å². The maximum atomic E-state index is 11.4. The SMILES string of the molecule is Cc1ccc(NC(=O)NCCC(=O)O)cc1[N+](=O)[O-]. The van der Waals surface area contributed by atoms with Crippen LogP contribution >= 0.6 is 0 Å². The monoisotopic (exact) mass is 267 g/mol. The van der Waals surface area contributed by atoms with Gasteiger partial charge in [0.05, 0.1) is 11.3 Å². The molecule has 0 bridgehead atoms. The van der Waals surface area contributed by atoms with Crippen LogP contribution in [0.3, 0.4) is 0 Å². The number of carboxylic acid groups (broad SMARTS) is 1. The van der Waals surface area contributed by atoms with Gasteiger partial charge in [0, 0.05) is 23.9 Å². The summed E-state index contributed by atoms with van der Waals surface area (Å²) in [5, 5.41) is 23.8. The molecule has 19 heavy (non-hydrogen) atoms. The average molecular weight is 267 g/mol. The predicted molar refractivity (Wildman–Crippen MR) is 67.1 cm³/mol. The summed E-state index contributed by atoms with van der Waals surface area (Å²) in [6.45, 7) is 1.57. The maximum Gasteiger partial charge on any atom is 0.319 e. The van der Waals surface area contributed by atoms with Gasteiger partial charge in [0.1, 0.15) is 0 Å². The third-order valence-corrected chi connectivity index (χ3v) is 2.29. The van der Waals surface area contributed by atoms with Gasteiger partial charge in [0.25, 0.3) is 5.69 Å². The van der Waals surface area contributed by atoms with Crippen LogP contribution in [0.15, 0.2) is 18.2 Å². The normalized spacial score (nSPS) is 9.74. The number of hydrogen-bond acceptors (Lipinski definition) is 4. The molecule has 0 unspecified atom stereocenters. The van der Waals surface area contributed by atoms with Gasteiger partial charge in [-0.15, -0.1) is 0 Å². The molecule has 102 valence electrons. The Morgan fingerprint density at radius 3 is 2.68 bits per heavy atom. The lowest BCUT2D eigenvalue weighted by atomic mass is 10.2. The molecule has 1 rings (SSSR count). The second-order valence-electron chi connectivity index (χ2n) is 3.78. The van der Waals surface area contributed by atoms with Crippen LogP contribution in [-0.4, -0.2) is 28.6 Å². The largest absolute Gasteiger partial charge is 0.481 e. The van der Waals surface area contributed by atoms with Crippen LogP contribution in [0.4, 0.5) is 16.2 Å². The molecular weight excluding hydrogens is 254 g/mol. The van der Waals surface area contributed by atoms with E-state index in [4.69, 9.17) is 5.11 Å². The number of amides is 2. The summed E-state index contributed by atoms with van der Waals surface area (Å²) in [4.78, 5) is 31.8. The van der Waals surface area contributed by atoms with Crippen LogP contribution in [0.5, 0.6) is 0 Å². The van der Waals surface area contributed by atoms with E-state index < -0.39 is 16.9 Å². The van der Waals surface area contributed by atoms with Crippen molar-refractivity contribution in [2.24, 2.45) is 0 Å². The van der Waals surface area contributed by atoms with Crippen molar-refractivity contribution in [1.82, 2.24) is 5.32 Å². The van der Waals surface area contributed by atoms with Gasteiger partial charge in [-0.3, -0.25) is 14.9 Å². The Bertz CT molecular complexity index is 515. The lowest BCUT2D eigenvalue weighted by Gasteiger charge is -2.07. The Hall–Kier alpha value is -2.64. The topological polar surface area (TPSA) is 122 Å². The Kier molecular flexibility index (Phi) is 4.81. The zero-order valence-electron chi connectivity index (χ0n) is 10.2. The number of anilines is 1. The lowest BCUT2D eigenvalue weighted by molar-refractivity contribution is -0.385.